The van der Waals surface area contributed by atoms with Gasteiger partial charge in [-0.15, -0.1) is 0 Å². The van der Waals surface area contributed by atoms with Crippen LogP contribution in [0.3, 0.4) is 0 Å². The highest BCUT2D eigenvalue weighted by Crippen LogP contribution is 2.21. The molecule has 0 amide bonds. The molecule has 114 valence electrons. The monoisotopic (exact) mass is 327 g/mol. The molecule has 7 heteroatoms. The van der Waals surface area contributed by atoms with E-state index in [0.717, 1.165) is 16.6 Å². The van der Waals surface area contributed by atoms with E-state index in [-0.39, 0.29) is 5.82 Å². The Labute approximate surface area is 136 Å². The van der Waals surface area contributed by atoms with Crippen LogP contribution in [-0.2, 0) is 6.54 Å². The average Bonchev–Trinajstić information content (AvgIpc) is 3.17. The van der Waals surface area contributed by atoms with Crippen LogP contribution in [0.5, 0.6) is 0 Å². The summed E-state index contributed by atoms with van der Waals surface area (Å²) in [5, 5.41) is 5.46. The molecule has 5 nitrogen and oxygen atoms in total. The van der Waals surface area contributed by atoms with E-state index in [1.165, 1.54) is 17.1 Å². The number of hydrogen-bond donors (Lipinski definition) is 0. The van der Waals surface area contributed by atoms with Crippen molar-refractivity contribution < 1.29 is 4.39 Å². The van der Waals surface area contributed by atoms with E-state index in [2.05, 4.69) is 15.1 Å². The van der Waals surface area contributed by atoms with Crippen molar-refractivity contribution in [3.8, 4) is 5.69 Å². The van der Waals surface area contributed by atoms with E-state index in [1.54, 1.807) is 30.6 Å². The molecule has 4 rings (SSSR count). The minimum atomic E-state index is -0.312. The van der Waals surface area contributed by atoms with Gasteiger partial charge in [-0.2, -0.15) is 5.10 Å². The summed E-state index contributed by atoms with van der Waals surface area (Å²) in [7, 11) is 0. The first-order chi connectivity index (χ1) is 11.2. The Morgan fingerprint density at radius 2 is 2.00 bits per heavy atom. The molecule has 0 radical (unpaired) electrons. The maximum absolute atomic E-state index is 13.8. The van der Waals surface area contributed by atoms with Crippen LogP contribution >= 0.6 is 11.6 Å². The Morgan fingerprint density at radius 3 is 2.87 bits per heavy atom. The van der Waals surface area contributed by atoms with Crippen LogP contribution < -0.4 is 0 Å². The lowest BCUT2D eigenvalue weighted by molar-refractivity contribution is 0.611. The molecule has 0 N–H and O–H groups in total. The molecule has 0 unspecified atom stereocenters. The lowest BCUT2D eigenvalue weighted by atomic mass is 10.3. The molecule has 1 aromatic carbocycles. The van der Waals surface area contributed by atoms with E-state index >= 15 is 0 Å². The molecule has 0 spiro atoms. The van der Waals surface area contributed by atoms with Gasteiger partial charge in [-0.1, -0.05) is 23.7 Å². The molecule has 0 saturated heterocycles. The van der Waals surface area contributed by atoms with Gasteiger partial charge in [0.2, 0.25) is 0 Å². The highest BCUT2D eigenvalue weighted by atomic mass is 35.5. The molecule has 0 aliphatic heterocycles. The Kier molecular flexibility index (Phi) is 3.31. The van der Waals surface area contributed by atoms with Crippen LogP contribution in [0.2, 0.25) is 5.15 Å². The van der Waals surface area contributed by atoms with E-state index in [1.807, 2.05) is 16.8 Å². The number of nitrogens with zero attached hydrogens (tertiary/aromatic N) is 5. The van der Waals surface area contributed by atoms with Crippen LogP contribution in [0.1, 0.15) is 5.56 Å². The quantitative estimate of drug-likeness (QED) is 0.541. The zero-order valence-electron chi connectivity index (χ0n) is 11.9. The number of rotatable bonds is 3. The van der Waals surface area contributed by atoms with Crippen LogP contribution in [0.15, 0.2) is 55.2 Å². The third-order valence-electron chi connectivity index (χ3n) is 3.60. The molecule has 0 saturated carbocycles. The van der Waals surface area contributed by atoms with Gasteiger partial charge < -0.3 is 4.57 Å². The zero-order chi connectivity index (χ0) is 15.8. The Hall–Kier alpha value is -2.73. The van der Waals surface area contributed by atoms with Gasteiger partial charge in [0, 0.05) is 18.0 Å². The number of benzene rings is 1. The Balaban J connectivity index is 1.67. The second kappa shape index (κ2) is 5.48. The molecule has 3 heterocycles. The molecule has 0 aliphatic rings. The van der Waals surface area contributed by atoms with Crippen LogP contribution in [0.4, 0.5) is 4.39 Å². The van der Waals surface area contributed by atoms with Gasteiger partial charge >= 0.3 is 0 Å². The van der Waals surface area contributed by atoms with Crippen molar-refractivity contribution in [1.82, 2.24) is 24.3 Å². The second-order valence-corrected chi connectivity index (χ2v) is 5.45. The van der Waals surface area contributed by atoms with Gasteiger partial charge in [-0.3, -0.25) is 0 Å². The average molecular weight is 328 g/mol. The van der Waals surface area contributed by atoms with Crippen molar-refractivity contribution in [2.24, 2.45) is 0 Å². The normalized spacial score (nSPS) is 11.2. The minimum Gasteiger partial charge on any atom is -0.328 e. The fourth-order valence-electron chi connectivity index (χ4n) is 2.51. The summed E-state index contributed by atoms with van der Waals surface area (Å²) in [6.45, 7) is 0.561. The standard InChI is InChI=1S/C16H11ClFN5/c17-15-12-5-6-22(16(12)20-10-19-15)8-11-7-21-23(9-11)14-4-2-1-3-13(14)18/h1-7,9-10H,8H2. The van der Waals surface area contributed by atoms with Crippen molar-refractivity contribution in [2.45, 2.75) is 6.54 Å². The smallest absolute Gasteiger partial charge is 0.148 e. The zero-order valence-corrected chi connectivity index (χ0v) is 12.7. The van der Waals surface area contributed by atoms with Crippen molar-refractivity contribution in [3.63, 3.8) is 0 Å². The van der Waals surface area contributed by atoms with Crippen molar-refractivity contribution in [3.05, 3.63) is 71.8 Å². The first-order valence-corrected chi connectivity index (χ1v) is 7.34. The molecular formula is C16H11ClFN5. The number of aromatic nitrogens is 5. The number of fused-ring (bicyclic) bond motifs is 1. The fourth-order valence-corrected chi connectivity index (χ4v) is 2.70. The predicted octanol–water partition coefficient (Wildman–Crippen LogP) is 3.46. The molecule has 0 bridgehead atoms. The third kappa shape index (κ3) is 2.47. The summed E-state index contributed by atoms with van der Waals surface area (Å²) in [6.07, 6.45) is 6.84. The molecule has 4 aromatic rings. The predicted molar refractivity (Wildman–Crippen MR) is 85.2 cm³/mol. The number of para-hydroxylation sites is 1. The largest absolute Gasteiger partial charge is 0.328 e. The highest BCUT2D eigenvalue weighted by Gasteiger charge is 2.09. The van der Waals surface area contributed by atoms with Crippen LogP contribution in [0, 0.1) is 5.82 Å². The molecule has 0 fully saturated rings. The van der Waals surface area contributed by atoms with Gasteiger partial charge in [0.1, 0.15) is 28.6 Å². The first-order valence-electron chi connectivity index (χ1n) is 6.96. The van der Waals surface area contributed by atoms with Gasteiger partial charge in [0.15, 0.2) is 0 Å². The van der Waals surface area contributed by atoms with Gasteiger partial charge in [0.25, 0.3) is 0 Å². The minimum absolute atomic E-state index is 0.312. The number of halogens is 2. The lowest BCUT2D eigenvalue weighted by Crippen LogP contribution is -1.99. The van der Waals surface area contributed by atoms with Crippen LogP contribution in [-0.4, -0.2) is 24.3 Å². The van der Waals surface area contributed by atoms with Gasteiger partial charge in [-0.05, 0) is 18.2 Å². The SMILES string of the molecule is Fc1ccccc1-n1cc(Cn2ccc3c(Cl)ncnc32)cn1. The van der Waals surface area contributed by atoms with Crippen molar-refractivity contribution in [2.75, 3.05) is 0 Å². The van der Waals surface area contributed by atoms with Gasteiger partial charge in [-0.25, -0.2) is 19.0 Å². The summed E-state index contributed by atoms with van der Waals surface area (Å²) in [4.78, 5) is 8.22. The van der Waals surface area contributed by atoms with Crippen molar-refractivity contribution >= 4 is 22.6 Å². The highest BCUT2D eigenvalue weighted by molar-refractivity contribution is 6.33. The van der Waals surface area contributed by atoms with Crippen molar-refractivity contribution in [1.29, 1.82) is 0 Å². The number of hydrogen-bond acceptors (Lipinski definition) is 3. The molecule has 3 aromatic heterocycles. The van der Waals surface area contributed by atoms with E-state index in [9.17, 15) is 4.39 Å². The van der Waals surface area contributed by atoms with Crippen LogP contribution in [0.25, 0.3) is 16.7 Å². The summed E-state index contributed by atoms with van der Waals surface area (Å²) in [5.74, 6) is -0.312. The van der Waals surface area contributed by atoms with E-state index in [4.69, 9.17) is 11.6 Å². The third-order valence-corrected chi connectivity index (χ3v) is 3.90. The molecular weight excluding hydrogens is 317 g/mol. The summed E-state index contributed by atoms with van der Waals surface area (Å²) in [5.41, 5.74) is 2.10. The van der Waals surface area contributed by atoms with E-state index < -0.39 is 0 Å². The Bertz CT molecular complexity index is 991. The summed E-state index contributed by atoms with van der Waals surface area (Å²) < 4.78 is 17.3. The lowest BCUT2D eigenvalue weighted by Gasteiger charge is -2.03. The molecule has 0 aliphatic carbocycles. The van der Waals surface area contributed by atoms with Gasteiger partial charge in [0.05, 0.1) is 18.1 Å². The topological polar surface area (TPSA) is 48.5 Å². The maximum Gasteiger partial charge on any atom is 0.148 e. The first kappa shape index (κ1) is 13.9. The Morgan fingerprint density at radius 1 is 1.13 bits per heavy atom. The molecule has 23 heavy (non-hydrogen) atoms. The fraction of sp³-hybridized carbons (Fsp3) is 0.0625. The van der Waals surface area contributed by atoms with E-state index in [0.29, 0.717) is 17.4 Å². The molecule has 0 atom stereocenters. The second-order valence-electron chi connectivity index (χ2n) is 5.09. The summed E-state index contributed by atoms with van der Waals surface area (Å²) >= 11 is 6.05. The maximum atomic E-state index is 13.8. The summed E-state index contributed by atoms with van der Waals surface area (Å²) in [6, 6.07) is 8.40.